The van der Waals surface area contributed by atoms with Crippen molar-refractivity contribution in [3.8, 4) is 0 Å². The van der Waals surface area contributed by atoms with Gasteiger partial charge in [0.2, 0.25) is 5.91 Å². The predicted molar refractivity (Wildman–Crippen MR) is 74.0 cm³/mol. The van der Waals surface area contributed by atoms with Crippen LogP contribution >= 0.6 is 0 Å². The summed E-state index contributed by atoms with van der Waals surface area (Å²) >= 11 is 0. The van der Waals surface area contributed by atoms with Crippen LogP contribution in [0.2, 0.25) is 0 Å². The Morgan fingerprint density at radius 1 is 1.42 bits per heavy atom. The van der Waals surface area contributed by atoms with Crippen LogP contribution in [0.4, 0.5) is 0 Å². The van der Waals surface area contributed by atoms with Crippen LogP contribution in [0.1, 0.15) is 42.6 Å². The van der Waals surface area contributed by atoms with E-state index in [2.05, 4.69) is 11.4 Å². The summed E-state index contributed by atoms with van der Waals surface area (Å²) < 4.78 is 1.65. The van der Waals surface area contributed by atoms with E-state index in [9.17, 15) is 9.59 Å². The first-order valence-electron chi connectivity index (χ1n) is 6.84. The molecule has 4 heteroatoms. The van der Waals surface area contributed by atoms with Crippen LogP contribution in [0.25, 0.3) is 0 Å². The second-order valence-corrected chi connectivity index (χ2v) is 4.89. The number of carbonyl (C=O) groups is 2. The van der Waals surface area contributed by atoms with Crippen molar-refractivity contribution in [2.24, 2.45) is 0 Å². The van der Waals surface area contributed by atoms with E-state index in [4.69, 9.17) is 0 Å². The average Bonchev–Trinajstić information content (AvgIpc) is 2.87. The van der Waals surface area contributed by atoms with Gasteiger partial charge in [-0.3, -0.25) is 9.59 Å². The minimum atomic E-state index is -0.0456. The summed E-state index contributed by atoms with van der Waals surface area (Å²) in [6.45, 7) is 0.891. The maximum atomic E-state index is 11.8. The fraction of sp³-hybridized carbons (Fsp3) is 0.467. The zero-order valence-corrected chi connectivity index (χ0v) is 11.1. The monoisotopic (exact) mass is 260 g/mol. The van der Waals surface area contributed by atoms with Crippen molar-refractivity contribution >= 4 is 12.2 Å². The van der Waals surface area contributed by atoms with Gasteiger partial charge in [-0.25, -0.2) is 0 Å². The highest BCUT2D eigenvalue weighted by Crippen LogP contribution is 2.19. The molecule has 0 atom stereocenters. The standard InChI is InChI=1S/C15H20N2O2/c18-12-14-7-4-10-17(14)11-15(19)16-9-8-13-5-2-1-3-6-13/h4-5,7,10,12H,1-3,6,8-9,11H2,(H,16,19). The van der Waals surface area contributed by atoms with Crippen molar-refractivity contribution in [2.45, 2.75) is 38.6 Å². The largest absolute Gasteiger partial charge is 0.354 e. The fourth-order valence-electron chi connectivity index (χ4n) is 2.38. The third-order valence-electron chi connectivity index (χ3n) is 3.45. The van der Waals surface area contributed by atoms with E-state index in [-0.39, 0.29) is 12.5 Å². The molecule has 4 nitrogen and oxygen atoms in total. The molecule has 0 aromatic carbocycles. The molecule has 1 aromatic heterocycles. The Hall–Kier alpha value is -1.84. The molecule has 1 N–H and O–H groups in total. The van der Waals surface area contributed by atoms with Crippen LogP contribution < -0.4 is 5.32 Å². The van der Waals surface area contributed by atoms with Crippen LogP contribution in [-0.4, -0.2) is 23.3 Å². The molecule has 1 heterocycles. The van der Waals surface area contributed by atoms with Crippen LogP contribution in [-0.2, 0) is 11.3 Å². The topological polar surface area (TPSA) is 51.1 Å². The van der Waals surface area contributed by atoms with Crippen molar-refractivity contribution in [3.63, 3.8) is 0 Å². The number of aromatic nitrogens is 1. The van der Waals surface area contributed by atoms with Crippen LogP contribution in [0, 0.1) is 0 Å². The van der Waals surface area contributed by atoms with Crippen LogP contribution in [0.3, 0.4) is 0 Å². The van der Waals surface area contributed by atoms with E-state index < -0.39 is 0 Å². The van der Waals surface area contributed by atoms with Gasteiger partial charge in [-0.2, -0.15) is 0 Å². The van der Waals surface area contributed by atoms with Gasteiger partial charge in [-0.15, -0.1) is 0 Å². The molecule has 1 amide bonds. The SMILES string of the molecule is O=Cc1cccn1CC(=O)NCCC1=CCCCC1. The summed E-state index contributed by atoms with van der Waals surface area (Å²) in [5, 5.41) is 2.90. The van der Waals surface area contributed by atoms with E-state index >= 15 is 0 Å². The molecule has 0 saturated carbocycles. The lowest BCUT2D eigenvalue weighted by Crippen LogP contribution is -2.29. The lowest BCUT2D eigenvalue weighted by molar-refractivity contribution is -0.121. The first kappa shape index (κ1) is 13.6. The number of allylic oxidation sites excluding steroid dienone is 1. The zero-order chi connectivity index (χ0) is 13.5. The first-order chi connectivity index (χ1) is 9.29. The molecule has 0 bridgehead atoms. The number of amides is 1. The Morgan fingerprint density at radius 3 is 3.05 bits per heavy atom. The Morgan fingerprint density at radius 2 is 2.32 bits per heavy atom. The third kappa shape index (κ3) is 4.09. The number of rotatable bonds is 6. The van der Waals surface area contributed by atoms with Crippen molar-refractivity contribution in [1.82, 2.24) is 9.88 Å². The number of hydrogen-bond acceptors (Lipinski definition) is 2. The number of nitrogens with zero attached hydrogens (tertiary/aromatic N) is 1. The molecule has 0 fully saturated rings. The molecule has 0 saturated heterocycles. The number of hydrogen-bond donors (Lipinski definition) is 1. The molecule has 0 aliphatic heterocycles. The second kappa shape index (κ2) is 6.92. The Kier molecular flexibility index (Phi) is 4.95. The quantitative estimate of drug-likeness (QED) is 0.630. The number of nitrogens with one attached hydrogen (secondary N) is 1. The summed E-state index contributed by atoms with van der Waals surface area (Å²) in [5.41, 5.74) is 1.99. The molecule has 0 spiro atoms. The minimum Gasteiger partial charge on any atom is -0.354 e. The summed E-state index contributed by atoms with van der Waals surface area (Å²) in [6, 6.07) is 3.47. The lowest BCUT2D eigenvalue weighted by Gasteiger charge is -2.13. The van der Waals surface area contributed by atoms with Crippen molar-refractivity contribution < 1.29 is 9.59 Å². The summed E-state index contributed by atoms with van der Waals surface area (Å²) in [7, 11) is 0. The van der Waals surface area contributed by atoms with E-state index in [0.717, 1.165) is 12.7 Å². The summed E-state index contributed by atoms with van der Waals surface area (Å²) in [4.78, 5) is 22.5. The van der Waals surface area contributed by atoms with Crippen molar-refractivity contribution in [3.05, 3.63) is 35.7 Å². The summed E-state index contributed by atoms with van der Waals surface area (Å²) in [5.74, 6) is -0.0456. The highest BCUT2D eigenvalue weighted by molar-refractivity contribution is 5.78. The first-order valence-corrected chi connectivity index (χ1v) is 6.84. The molecule has 0 radical (unpaired) electrons. The Balaban J connectivity index is 1.72. The van der Waals surface area contributed by atoms with E-state index in [1.54, 1.807) is 22.9 Å². The van der Waals surface area contributed by atoms with E-state index in [1.165, 1.54) is 31.3 Å². The predicted octanol–water partition coefficient (Wildman–Crippen LogP) is 2.31. The van der Waals surface area contributed by atoms with Gasteiger partial charge in [0.1, 0.15) is 6.54 Å². The summed E-state index contributed by atoms with van der Waals surface area (Å²) in [6.07, 6.45) is 10.7. The smallest absolute Gasteiger partial charge is 0.239 e. The zero-order valence-electron chi connectivity index (χ0n) is 11.1. The van der Waals surface area contributed by atoms with Crippen molar-refractivity contribution in [2.75, 3.05) is 6.54 Å². The van der Waals surface area contributed by atoms with Crippen LogP contribution in [0.15, 0.2) is 30.0 Å². The maximum absolute atomic E-state index is 11.8. The van der Waals surface area contributed by atoms with E-state index in [1.807, 2.05) is 0 Å². The highest BCUT2D eigenvalue weighted by atomic mass is 16.2. The number of aldehydes is 1. The number of carbonyl (C=O) groups excluding carboxylic acids is 2. The van der Waals surface area contributed by atoms with E-state index in [0.29, 0.717) is 12.2 Å². The van der Waals surface area contributed by atoms with Gasteiger partial charge in [0.15, 0.2) is 6.29 Å². The average molecular weight is 260 g/mol. The molecular formula is C15H20N2O2. The fourth-order valence-corrected chi connectivity index (χ4v) is 2.38. The van der Waals surface area contributed by atoms with Gasteiger partial charge < -0.3 is 9.88 Å². The molecule has 1 aromatic rings. The molecule has 19 heavy (non-hydrogen) atoms. The molecular weight excluding hydrogens is 240 g/mol. The Labute approximate surface area is 113 Å². The highest BCUT2D eigenvalue weighted by Gasteiger charge is 2.07. The Bertz CT molecular complexity index is 474. The maximum Gasteiger partial charge on any atom is 0.239 e. The van der Waals surface area contributed by atoms with Crippen molar-refractivity contribution in [1.29, 1.82) is 0 Å². The third-order valence-corrected chi connectivity index (χ3v) is 3.45. The minimum absolute atomic E-state index is 0.0456. The van der Waals surface area contributed by atoms with Crippen LogP contribution in [0.5, 0.6) is 0 Å². The molecule has 2 rings (SSSR count). The van der Waals surface area contributed by atoms with Gasteiger partial charge in [-0.1, -0.05) is 11.6 Å². The normalized spacial score (nSPS) is 14.8. The molecule has 1 aliphatic rings. The van der Waals surface area contributed by atoms with Gasteiger partial charge in [0.25, 0.3) is 0 Å². The lowest BCUT2D eigenvalue weighted by atomic mass is 9.97. The van der Waals surface area contributed by atoms with Gasteiger partial charge in [-0.05, 0) is 44.2 Å². The van der Waals surface area contributed by atoms with Gasteiger partial charge in [0, 0.05) is 12.7 Å². The molecule has 1 aliphatic carbocycles. The molecule has 102 valence electrons. The van der Waals surface area contributed by atoms with Gasteiger partial charge >= 0.3 is 0 Å². The second-order valence-electron chi connectivity index (χ2n) is 4.89. The van der Waals surface area contributed by atoms with Gasteiger partial charge in [0.05, 0.1) is 5.69 Å². The molecule has 0 unspecified atom stereocenters.